The van der Waals surface area contributed by atoms with Gasteiger partial charge in [-0.3, -0.25) is 19.2 Å². The van der Waals surface area contributed by atoms with Crippen molar-refractivity contribution in [3.63, 3.8) is 0 Å². The SMILES string of the molecule is COc1cc2[nH]c(=O)c3cnn(C4CCCC4)c3c2cc1C(=O)NCC(C)(C)N1CCOCC1. The van der Waals surface area contributed by atoms with Crippen molar-refractivity contribution >= 4 is 27.7 Å². The number of amides is 1. The quantitative estimate of drug-likeness (QED) is 0.578. The summed E-state index contributed by atoms with van der Waals surface area (Å²) in [5, 5.41) is 9.03. The van der Waals surface area contributed by atoms with Gasteiger partial charge in [0.15, 0.2) is 0 Å². The molecule has 0 radical (unpaired) electrons. The van der Waals surface area contributed by atoms with Crippen molar-refractivity contribution in [1.82, 2.24) is 25.0 Å². The van der Waals surface area contributed by atoms with Crippen LogP contribution in [0.4, 0.5) is 0 Å². The molecule has 1 amide bonds. The lowest BCUT2D eigenvalue weighted by Crippen LogP contribution is -2.55. The fourth-order valence-corrected chi connectivity index (χ4v) is 5.31. The molecule has 9 nitrogen and oxygen atoms in total. The summed E-state index contributed by atoms with van der Waals surface area (Å²) in [4.78, 5) is 31.4. The Bertz CT molecular complexity index is 1270. The van der Waals surface area contributed by atoms with Crippen molar-refractivity contribution in [3.05, 3.63) is 34.2 Å². The van der Waals surface area contributed by atoms with E-state index >= 15 is 0 Å². The summed E-state index contributed by atoms with van der Waals surface area (Å²) in [6, 6.07) is 3.84. The lowest BCUT2D eigenvalue weighted by atomic mass is 10.0. The molecule has 3 aromatic rings. The highest BCUT2D eigenvalue weighted by molar-refractivity contribution is 6.08. The number of rotatable bonds is 6. The Kier molecular flexibility index (Phi) is 6.07. The molecule has 1 aromatic carbocycles. The average molecular weight is 468 g/mol. The van der Waals surface area contributed by atoms with Crippen LogP contribution in [0, 0.1) is 0 Å². The molecule has 0 spiro atoms. The average Bonchev–Trinajstić information content (AvgIpc) is 3.53. The molecule has 0 unspecified atom stereocenters. The Hall–Kier alpha value is -2.91. The van der Waals surface area contributed by atoms with E-state index in [0.29, 0.717) is 42.0 Å². The summed E-state index contributed by atoms with van der Waals surface area (Å²) in [6.07, 6.45) is 6.05. The Morgan fingerprint density at radius 1 is 1.24 bits per heavy atom. The molecule has 1 saturated carbocycles. The normalized spacial score (nSPS) is 18.1. The van der Waals surface area contributed by atoms with Crippen LogP contribution in [0.3, 0.4) is 0 Å². The highest BCUT2D eigenvalue weighted by atomic mass is 16.5. The number of methoxy groups -OCH3 is 1. The Labute approximate surface area is 198 Å². The van der Waals surface area contributed by atoms with Gasteiger partial charge in [0.2, 0.25) is 0 Å². The third kappa shape index (κ3) is 4.07. The number of benzene rings is 1. The number of hydrogen-bond acceptors (Lipinski definition) is 6. The summed E-state index contributed by atoms with van der Waals surface area (Å²) in [7, 11) is 1.54. The van der Waals surface area contributed by atoms with E-state index in [4.69, 9.17) is 9.47 Å². The van der Waals surface area contributed by atoms with E-state index in [9.17, 15) is 9.59 Å². The first-order valence-corrected chi connectivity index (χ1v) is 12.1. The van der Waals surface area contributed by atoms with E-state index in [1.807, 2.05) is 10.7 Å². The van der Waals surface area contributed by atoms with Gasteiger partial charge in [-0.2, -0.15) is 5.10 Å². The van der Waals surface area contributed by atoms with Crippen LogP contribution in [-0.4, -0.2) is 71.1 Å². The zero-order chi connectivity index (χ0) is 23.9. The predicted octanol–water partition coefficient (Wildman–Crippen LogP) is 2.84. The molecule has 1 aliphatic heterocycles. The molecular formula is C25H33N5O4. The number of aromatic amines is 1. The second kappa shape index (κ2) is 9.03. The third-order valence-electron chi connectivity index (χ3n) is 7.35. The third-order valence-corrected chi connectivity index (χ3v) is 7.35. The maximum atomic E-state index is 13.4. The second-order valence-electron chi connectivity index (χ2n) is 9.94. The van der Waals surface area contributed by atoms with Crippen molar-refractivity contribution < 1.29 is 14.3 Å². The van der Waals surface area contributed by atoms with Crippen LogP contribution in [0.1, 0.15) is 55.9 Å². The number of fused-ring (bicyclic) bond motifs is 3. The van der Waals surface area contributed by atoms with Gasteiger partial charge >= 0.3 is 0 Å². The first-order valence-electron chi connectivity index (χ1n) is 12.1. The van der Waals surface area contributed by atoms with Crippen LogP contribution >= 0.6 is 0 Å². The number of hydrogen-bond donors (Lipinski definition) is 2. The topological polar surface area (TPSA) is 101 Å². The highest BCUT2D eigenvalue weighted by Gasteiger charge is 2.29. The first-order chi connectivity index (χ1) is 16.4. The van der Waals surface area contributed by atoms with Crippen LogP contribution in [0.2, 0.25) is 0 Å². The standard InChI is InChI=1S/C25H33N5O4/c1-25(2,29-8-10-34-11-9-29)15-26-23(31)18-12-17-20(13-21(18)33-3)28-24(32)19-14-27-30(22(17)19)16-6-4-5-7-16/h12-14,16H,4-11,15H2,1-3H3,(H,26,31)(H,28,32). The van der Waals surface area contributed by atoms with Crippen LogP contribution in [0.5, 0.6) is 5.75 Å². The lowest BCUT2D eigenvalue weighted by Gasteiger charge is -2.40. The number of nitrogens with one attached hydrogen (secondary N) is 2. The minimum absolute atomic E-state index is 0.182. The van der Waals surface area contributed by atoms with Crippen molar-refractivity contribution in [1.29, 1.82) is 0 Å². The number of morpholine rings is 1. The van der Waals surface area contributed by atoms with Gasteiger partial charge in [-0.15, -0.1) is 0 Å². The van der Waals surface area contributed by atoms with Gasteiger partial charge < -0.3 is 19.8 Å². The van der Waals surface area contributed by atoms with E-state index in [1.165, 1.54) is 7.11 Å². The van der Waals surface area contributed by atoms with E-state index in [-0.39, 0.29) is 23.0 Å². The summed E-state index contributed by atoms with van der Waals surface area (Å²) in [5.41, 5.74) is 1.48. The fraction of sp³-hybridized carbons (Fsp3) is 0.560. The largest absolute Gasteiger partial charge is 0.496 e. The number of nitrogens with zero attached hydrogens (tertiary/aromatic N) is 3. The van der Waals surface area contributed by atoms with Crippen molar-refractivity contribution in [2.24, 2.45) is 0 Å². The monoisotopic (exact) mass is 467 g/mol. The van der Waals surface area contributed by atoms with E-state index < -0.39 is 0 Å². The van der Waals surface area contributed by atoms with Crippen LogP contribution in [0.15, 0.2) is 23.1 Å². The highest BCUT2D eigenvalue weighted by Crippen LogP contribution is 2.35. The number of ether oxygens (including phenoxy) is 2. The van der Waals surface area contributed by atoms with Crippen molar-refractivity contribution in [2.75, 3.05) is 40.0 Å². The minimum atomic E-state index is -0.205. The number of H-pyrrole nitrogens is 1. The Morgan fingerprint density at radius 3 is 2.68 bits per heavy atom. The van der Waals surface area contributed by atoms with E-state index in [0.717, 1.165) is 49.7 Å². The smallest absolute Gasteiger partial charge is 0.259 e. The molecule has 2 N–H and O–H groups in total. The summed E-state index contributed by atoms with van der Waals surface area (Å²) >= 11 is 0. The van der Waals surface area contributed by atoms with Gasteiger partial charge in [0.1, 0.15) is 5.75 Å². The molecule has 2 aliphatic rings. The summed E-state index contributed by atoms with van der Waals surface area (Å²) < 4.78 is 13.0. The van der Waals surface area contributed by atoms with E-state index in [1.54, 1.807) is 12.3 Å². The van der Waals surface area contributed by atoms with Crippen molar-refractivity contribution in [2.45, 2.75) is 51.1 Å². The second-order valence-corrected chi connectivity index (χ2v) is 9.94. The molecule has 182 valence electrons. The van der Waals surface area contributed by atoms with Gasteiger partial charge in [0.25, 0.3) is 11.5 Å². The lowest BCUT2D eigenvalue weighted by molar-refractivity contribution is -0.00923. The van der Waals surface area contributed by atoms with Crippen LogP contribution < -0.4 is 15.6 Å². The van der Waals surface area contributed by atoms with Crippen LogP contribution in [-0.2, 0) is 4.74 Å². The zero-order valence-electron chi connectivity index (χ0n) is 20.1. The fourth-order valence-electron chi connectivity index (χ4n) is 5.31. The Morgan fingerprint density at radius 2 is 1.97 bits per heavy atom. The minimum Gasteiger partial charge on any atom is -0.496 e. The molecule has 2 aromatic heterocycles. The molecule has 0 atom stereocenters. The van der Waals surface area contributed by atoms with Crippen LogP contribution in [0.25, 0.3) is 21.8 Å². The maximum absolute atomic E-state index is 13.4. The molecule has 0 bridgehead atoms. The van der Waals surface area contributed by atoms with Gasteiger partial charge in [0, 0.05) is 36.6 Å². The number of carbonyl (C=O) groups excluding carboxylic acids is 1. The number of pyridine rings is 1. The van der Waals surface area contributed by atoms with Gasteiger partial charge in [-0.05, 0) is 32.8 Å². The number of carbonyl (C=O) groups is 1. The van der Waals surface area contributed by atoms with Gasteiger partial charge in [-0.1, -0.05) is 12.8 Å². The molecule has 3 heterocycles. The molecule has 1 aliphatic carbocycles. The zero-order valence-corrected chi connectivity index (χ0v) is 20.1. The maximum Gasteiger partial charge on any atom is 0.259 e. The van der Waals surface area contributed by atoms with Crippen molar-refractivity contribution in [3.8, 4) is 5.75 Å². The predicted molar refractivity (Wildman–Crippen MR) is 131 cm³/mol. The first kappa shape index (κ1) is 22.9. The molecule has 5 rings (SSSR count). The number of aromatic nitrogens is 3. The molecule has 9 heteroatoms. The van der Waals surface area contributed by atoms with Gasteiger partial charge in [0.05, 0.1) is 54.5 Å². The summed E-state index contributed by atoms with van der Waals surface area (Å²) in [5.74, 6) is 0.225. The Balaban J connectivity index is 1.52. The molecule has 34 heavy (non-hydrogen) atoms. The summed E-state index contributed by atoms with van der Waals surface area (Å²) in [6.45, 7) is 7.86. The molecule has 2 fully saturated rings. The van der Waals surface area contributed by atoms with E-state index in [2.05, 4.69) is 34.1 Å². The molecular weight excluding hydrogens is 434 g/mol. The van der Waals surface area contributed by atoms with Gasteiger partial charge in [-0.25, -0.2) is 0 Å². The molecule has 1 saturated heterocycles.